The van der Waals surface area contributed by atoms with E-state index >= 15 is 0 Å². The molecule has 2 N–H and O–H groups in total. The molecule has 0 unspecified atom stereocenters. The summed E-state index contributed by atoms with van der Waals surface area (Å²) in [7, 11) is 0. The third-order valence-electron chi connectivity index (χ3n) is 2.63. The van der Waals surface area contributed by atoms with Gasteiger partial charge in [-0.25, -0.2) is 0 Å². The Labute approximate surface area is 90.8 Å². The van der Waals surface area contributed by atoms with E-state index in [0.29, 0.717) is 31.7 Å². The molecule has 0 saturated heterocycles. The van der Waals surface area contributed by atoms with Gasteiger partial charge in [0.2, 0.25) is 11.8 Å². The normalized spacial score (nSPS) is 16.8. The van der Waals surface area contributed by atoms with Gasteiger partial charge in [-0.1, -0.05) is 5.16 Å². The van der Waals surface area contributed by atoms with E-state index in [2.05, 4.69) is 15.5 Å². The van der Waals surface area contributed by atoms with E-state index in [1.54, 1.807) is 0 Å². The first-order valence-electron chi connectivity index (χ1n) is 4.92. The molecule has 0 atom stereocenters. The quantitative estimate of drug-likeness (QED) is 0.660. The minimum Gasteiger partial charge on any atom is -0.480 e. The summed E-state index contributed by atoms with van der Waals surface area (Å²) in [6.07, 6.45) is 2.50. The van der Waals surface area contributed by atoms with Crippen molar-refractivity contribution in [2.24, 2.45) is 5.41 Å². The Morgan fingerprint density at radius 3 is 2.81 bits per heavy atom. The zero-order chi connectivity index (χ0) is 11.6. The fourth-order valence-electron chi connectivity index (χ4n) is 1.42. The van der Waals surface area contributed by atoms with Crippen molar-refractivity contribution in [2.45, 2.75) is 19.3 Å². The first kappa shape index (κ1) is 10.6. The second kappa shape index (κ2) is 3.92. The number of nitrogens with zero attached hydrogens (tertiary/aromatic N) is 2. The third-order valence-corrected chi connectivity index (χ3v) is 2.63. The highest BCUT2D eigenvalue weighted by molar-refractivity contribution is 6.04. The number of carboxylic acid groups (broad SMARTS) is 1. The summed E-state index contributed by atoms with van der Waals surface area (Å²) in [5.41, 5.74) is -1.19. The van der Waals surface area contributed by atoms with Crippen molar-refractivity contribution < 1.29 is 19.2 Å². The second-order valence-electron chi connectivity index (χ2n) is 3.73. The number of hydrogen-bond acceptors (Lipinski definition) is 5. The van der Waals surface area contributed by atoms with Crippen LogP contribution in [0, 0.1) is 5.41 Å². The topological polar surface area (TPSA) is 105 Å². The minimum atomic E-state index is -1.19. The molecule has 2 rings (SSSR count). The molecule has 7 heteroatoms. The number of carbonyl (C=O) groups excluding carboxylic acids is 1. The van der Waals surface area contributed by atoms with Gasteiger partial charge < -0.3 is 14.9 Å². The highest BCUT2D eigenvalue weighted by Crippen LogP contribution is 2.45. The van der Waals surface area contributed by atoms with Gasteiger partial charge in [-0.2, -0.15) is 4.98 Å². The fraction of sp³-hybridized carbons (Fsp3) is 0.556. The Balaban J connectivity index is 1.79. The molecule has 1 amide bonds. The summed E-state index contributed by atoms with van der Waals surface area (Å²) >= 11 is 0. The highest BCUT2D eigenvalue weighted by Gasteiger charge is 2.56. The molecule has 1 fully saturated rings. The van der Waals surface area contributed by atoms with Crippen molar-refractivity contribution in [3.8, 4) is 0 Å². The SMILES string of the molecule is O=C(O)C1(C(=O)NCCc2ncno2)CC1. The van der Waals surface area contributed by atoms with Crippen LogP contribution in [0.3, 0.4) is 0 Å². The van der Waals surface area contributed by atoms with E-state index in [0.717, 1.165) is 0 Å². The van der Waals surface area contributed by atoms with E-state index in [-0.39, 0.29) is 0 Å². The predicted molar refractivity (Wildman–Crippen MR) is 50.3 cm³/mol. The average Bonchev–Trinajstić information content (AvgIpc) is 2.92. The maximum absolute atomic E-state index is 11.5. The molecule has 0 aliphatic heterocycles. The minimum absolute atomic E-state index is 0.302. The van der Waals surface area contributed by atoms with Crippen molar-refractivity contribution in [2.75, 3.05) is 6.54 Å². The lowest BCUT2D eigenvalue weighted by Gasteiger charge is -2.09. The second-order valence-corrected chi connectivity index (χ2v) is 3.73. The van der Waals surface area contributed by atoms with Crippen LogP contribution in [-0.2, 0) is 16.0 Å². The van der Waals surface area contributed by atoms with Gasteiger partial charge in [-0.05, 0) is 12.8 Å². The number of hydrogen-bond donors (Lipinski definition) is 2. The molecule has 16 heavy (non-hydrogen) atoms. The van der Waals surface area contributed by atoms with Gasteiger partial charge in [0.25, 0.3) is 0 Å². The number of carbonyl (C=O) groups is 2. The van der Waals surface area contributed by atoms with Crippen LogP contribution in [0.25, 0.3) is 0 Å². The van der Waals surface area contributed by atoms with E-state index < -0.39 is 17.3 Å². The van der Waals surface area contributed by atoms with Crippen LogP contribution in [0.2, 0.25) is 0 Å². The molecule has 0 spiro atoms. The summed E-state index contributed by atoms with van der Waals surface area (Å²) in [5, 5.41) is 14.8. The van der Waals surface area contributed by atoms with Crippen LogP contribution in [0.1, 0.15) is 18.7 Å². The number of amides is 1. The smallest absolute Gasteiger partial charge is 0.319 e. The average molecular weight is 225 g/mol. The van der Waals surface area contributed by atoms with Crippen molar-refractivity contribution in [3.63, 3.8) is 0 Å². The third kappa shape index (κ3) is 1.88. The maximum atomic E-state index is 11.5. The Morgan fingerprint density at radius 1 is 1.56 bits per heavy atom. The number of rotatable bonds is 5. The summed E-state index contributed by atoms with van der Waals surface area (Å²) < 4.78 is 4.74. The monoisotopic (exact) mass is 225 g/mol. The first-order chi connectivity index (χ1) is 7.65. The van der Waals surface area contributed by atoms with E-state index in [4.69, 9.17) is 9.63 Å². The Kier molecular flexibility index (Phi) is 2.59. The lowest BCUT2D eigenvalue weighted by atomic mass is 10.1. The van der Waals surface area contributed by atoms with Crippen molar-refractivity contribution >= 4 is 11.9 Å². The van der Waals surface area contributed by atoms with Crippen molar-refractivity contribution in [1.29, 1.82) is 0 Å². The molecule has 1 heterocycles. The summed E-state index contributed by atoms with van der Waals surface area (Å²) in [5.74, 6) is -1.07. The van der Waals surface area contributed by atoms with Crippen molar-refractivity contribution in [1.82, 2.24) is 15.5 Å². The van der Waals surface area contributed by atoms with Crippen LogP contribution in [-0.4, -0.2) is 33.7 Å². The standard InChI is InChI=1S/C9H11N3O4/c13-7(9(2-3-9)8(14)15)10-4-1-6-11-5-12-16-6/h5H,1-4H2,(H,10,13)(H,14,15). The Bertz CT molecular complexity index is 397. The van der Waals surface area contributed by atoms with Crippen LogP contribution in [0.4, 0.5) is 0 Å². The van der Waals surface area contributed by atoms with E-state index in [1.807, 2.05) is 0 Å². The van der Waals surface area contributed by atoms with Gasteiger partial charge >= 0.3 is 5.97 Å². The summed E-state index contributed by atoms with van der Waals surface area (Å²) in [6, 6.07) is 0. The van der Waals surface area contributed by atoms with Crippen LogP contribution < -0.4 is 5.32 Å². The predicted octanol–water partition coefficient (Wildman–Crippen LogP) is -0.407. The molecule has 1 saturated carbocycles. The molecule has 0 radical (unpaired) electrons. The van der Waals surface area contributed by atoms with Crippen LogP contribution in [0.15, 0.2) is 10.9 Å². The lowest BCUT2D eigenvalue weighted by Crippen LogP contribution is -2.37. The number of aromatic nitrogens is 2. The lowest BCUT2D eigenvalue weighted by molar-refractivity contribution is -0.149. The van der Waals surface area contributed by atoms with Gasteiger partial charge in [-0.15, -0.1) is 0 Å². The molecule has 1 aromatic rings. The molecule has 0 aromatic carbocycles. The van der Waals surface area contributed by atoms with Gasteiger partial charge in [0, 0.05) is 13.0 Å². The molecule has 1 aliphatic rings. The molecular weight excluding hydrogens is 214 g/mol. The van der Waals surface area contributed by atoms with Gasteiger partial charge in [0.05, 0.1) is 0 Å². The first-order valence-corrected chi connectivity index (χ1v) is 4.92. The van der Waals surface area contributed by atoms with Crippen LogP contribution in [0.5, 0.6) is 0 Å². The highest BCUT2D eigenvalue weighted by atomic mass is 16.5. The zero-order valence-electron chi connectivity index (χ0n) is 8.47. The maximum Gasteiger partial charge on any atom is 0.319 e. The van der Waals surface area contributed by atoms with E-state index in [9.17, 15) is 9.59 Å². The summed E-state index contributed by atoms with van der Waals surface area (Å²) in [4.78, 5) is 26.1. The molecular formula is C9H11N3O4. The van der Waals surface area contributed by atoms with Crippen molar-refractivity contribution in [3.05, 3.63) is 12.2 Å². The molecule has 7 nitrogen and oxygen atoms in total. The van der Waals surface area contributed by atoms with Crippen LogP contribution >= 0.6 is 0 Å². The Morgan fingerprint density at radius 2 is 2.31 bits per heavy atom. The fourth-order valence-corrected chi connectivity index (χ4v) is 1.42. The number of nitrogens with one attached hydrogen (secondary N) is 1. The Hall–Kier alpha value is -1.92. The number of aliphatic carboxylic acids is 1. The van der Waals surface area contributed by atoms with Gasteiger partial charge in [0.15, 0.2) is 6.33 Å². The van der Waals surface area contributed by atoms with Gasteiger partial charge in [0.1, 0.15) is 5.41 Å². The zero-order valence-corrected chi connectivity index (χ0v) is 8.47. The molecule has 0 bridgehead atoms. The molecule has 1 aliphatic carbocycles. The van der Waals surface area contributed by atoms with Gasteiger partial charge in [-0.3, -0.25) is 9.59 Å². The molecule has 1 aromatic heterocycles. The molecule has 86 valence electrons. The summed E-state index contributed by atoms with van der Waals surface area (Å²) in [6.45, 7) is 0.302. The number of carboxylic acids is 1. The largest absolute Gasteiger partial charge is 0.480 e. The van der Waals surface area contributed by atoms with E-state index in [1.165, 1.54) is 6.33 Å².